The van der Waals surface area contributed by atoms with Crippen LogP contribution in [0.1, 0.15) is 0 Å². The second-order valence-electron chi connectivity index (χ2n) is 15.7. The van der Waals surface area contributed by atoms with Gasteiger partial charge in [-0.15, -0.1) is 0 Å². The molecular formula is C54H36N2O6. The summed E-state index contributed by atoms with van der Waals surface area (Å²) in [5, 5.41) is 8.37. The Morgan fingerprint density at radius 1 is 0.290 bits per heavy atom. The molecule has 4 heterocycles. The lowest BCUT2D eigenvalue weighted by atomic mass is 10.0. The van der Waals surface area contributed by atoms with E-state index in [9.17, 15) is 0 Å². The van der Waals surface area contributed by atoms with Crippen LogP contribution in [0.25, 0.3) is 65.4 Å². The highest BCUT2D eigenvalue weighted by Gasteiger charge is 2.22. The fourth-order valence-corrected chi connectivity index (χ4v) is 9.26. The molecule has 0 aliphatic carbocycles. The van der Waals surface area contributed by atoms with Gasteiger partial charge in [0, 0.05) is 67.2 Å². The van der Waals surface area contributed by atoms with Crippen LogP contribution in [0.4, 0.5) is 34.1 Å². The van der Waals surface area contributed by atoms with Crippen LogP contribution < -0.4 is 28.7 Å². The molecule has 0 bridgehead atoms. The molecule has 8 heteroatoms. The third-order valence-electron chi connectivity index (χ3n) is 12.1. The maximum Gasteiger partial charge on any atom is 0.163 e. The van der Waals surface area contributed by atoms with Crippen LogP contribution in [0.3, 0.4) is 0 Å². The molecule has 11 aromatic rings. The molecule has 0 spiro atoms. The van der Waals surface area contributed by atoms with E-state index >= 15 is 0 Å². The summed E-state index contributed by atoms with van der Waals surface area (Å²) < 4.78 is 37.1. The second kappa shape index (κ2) is 13.7. The van der Waals surface area contributed by atoms with Gasteiger partial charge >= 0.3 is 0 Å². The fraction of sp³-hybridized carbons (Fsp3) is 0.0741. The highest BCUT2D eigenvalue weighted by atomic mass is 16.6. The molecule has 9 aromatic carbocycles. The lowest BCUT2D eigenvalue weighted by molar-refractivity contribution is 0.171. The molecule has 0 N–H and O–H groups in total. The van der Waals surface area contributed by atoms with Gasteiger partial charge in [-0.2, -0.15) is 0 Å². The number of rotatable bonds is 6. The Bertz CT molecular complexity index is 3320. The van der Waals surface area contributed by atoms with Crippen LogP contribution in [-0.2, 0) is 0 Å². The standard InChI is InChI=1S/C54H36N2O6/c1-3-7-35(8-4-1)55(39-15-21-47-51(29-39)59-25-23-57-47)37-13-19-41-33(27-37)11-17-43-45-31-50-46(32-49(45)61-53(41)43)44-18-12-34-28-38(14-20-42(34)54(44)62-50)56(36-9-5-2-6-10-36)40-16-22-48-52(30-40)60-26-24-58-48/h1-22,27-32H,23-26H2. The molecule has 13 rings (SSSR count). The smallest absolute Gasteiger partial charge is 0.163 e. The molecule has 298 valence electrons. The largest absolute Gasteiger partial charge is 0.486 e. The Morgan fingerprint density at radius 2 is 0.677 bits per heavy atom. The molecule has 0 amide bonds. The first-order valence-corrected chi connectivity index (χ1v) is 20.9. The van der Waals surface area contributed by atoms with E-state index in [1.54, 1.807) is 0 Å². The van der Waals surface area contributed by atoms with Crippen molar-refractivity contribution in [2.45, 2.75) is 0 Å². The van der Waals surface area contributed by atoms with Crippen LogP contribution in [0, 0.1) is 0 Å². The predicted octanol–water partition coefficient (Wildman–Crippen LogP) is 14.3. The molecule has 2 aliphatic heterocycles. The Hall–Kier alpha value is -8.10. The lowest BCUT2D eigenvalue weighted by Crippen LogP contribution is -2.16. The first kappa shape index (κ1) is 34.7. The van der Waals surface area contributed by atoms with Gasteiger partial charge in [-0.3, -0.25) is 0 Å². The number of nitrogens with zero attached hydrogens (tertiary/aromatic N) is 2. The van der Waals surface area contributed by atoms with E-state index in [0.29, 0.717) is 26.4 Å². The third-order valence-corrected chi connectivity index (χ3v) is 12.1. The number of fused-ring (bicyclic) bond motifs is 12. The van der Waals surface area contributed by atoms with Gasteiger partial charge < -0.3 is 37.6 Å². The molecule has 0 fully saturated rings. The summed E-state index contributed by atoms with van der Waals surface area (Å²) in [4.78, 5) is 4.48. The van der Waals surface area contributed by atoms with Gasteiger partial charge in [0.15, 0.2) is 23.0 Å². The second-order valence-corrected chi connectivity index (χ2v) is 15.7. The molecule has 0 atom stereocenters. The average molecular weight is 809 g/mol. The normalized spacial score (nSPS) is 13.4. The molecular weight excluding hydrogens is 773 g/mol. The summed E-state index contributed by atoms with van der Waals surface area (Å²) in [6, 6.07) is 59.0. The number of hydrogen-bond acceptors (Lipinski definition) is 8. The Morgan fingerprint density at radius 3 is 1.13 bits per heavy atom. The fourth-order valence-electron chi connectivity index (χ4n) is 9.26. The maximum atomic E-state index is 6.76. The number of furan rings is 2. The Labute approximate surface area is 355 Å². The first-order chi connectivity index (χ1) is 30.7. The van der Waals surface area contributed by atoms with Crippen molar-refractivity contribution in [3.8, 4) is 23.0 Å². The van der Waals surface area contributed by atoms with Crippen molar-refractivity contribution in [2.24, 2.45) is 0 Å². The number of anilines is 6. The molecule has 62 heavy (non-hydrogen) atoms. The predicted molar refractivity (Wildman–Crippen MR) is 247 cm³/mol. The van der Waals surface area contributed by atoms with Crippen LogP contribution >= 0.6 is 0 Å². The number of benzene rings is 9. The zero-order chi connectivity index (χ0) is 40.7. The minimum Gasteiger partial charge on any atom is -0.486 e. The highest BCUT2D eigenvalue weighted by Crippen LogP contribution is 2.46. The van der Waals surface area contributed by atoms with Gasteiger partial charge in [0.2, 0.25) is 0 Å². The van der Waals surface area contributed by atoms with Gasteiger partial charge in [0.1, 0.15) is 48.8 Å². The summed E-state index contributed by atoms with van der Waals surface area (Å²) in [5.74, 6) is 3.03. The van der Waals surface area contributed by atoms with Crippen molar-refractivity contribution in [3.63, 3.8) is 0 Å². The van der Waals surface area contributed by atoms with Gasteiger partial charge in [-0.1, -0.05) is 48.5 Å². The number of ether oxygens (including phenoxy) is 4. The van der Waals surface area contributed by atoms with Crippen molar-refractivity contribution in [2.75, 3.05) is 36.2 Å². The zero-order valence-corrected chi connectivity index (χ0v) is 33.3. The summed E-state index contributed by atoms with van der Waals surface area (Å²) in [5.41, 5.74) is 9.45. The summed E-state index contributed by atoms with van der Waals surface area (Å²) in [7, 11) is 0. The van der Waals surface area contributed by atoms with Crippen molar-refractivity contribution < 1.29 is 27.8 Å². The molecule has 0 unspecified atom stereocenters. The van der Waals surface area contributed by atoms with Crippen molar-refractivity contribution >= 4 is 99.5 Å². The molecule has 0 saturated heterocycles. The van der Waals surface area contributed by atoms with E-state index in [0.717, 1.165) is 123 Å². The van der Waals surface area contributed by atoms with Gasteiger partial charge in [-0.25, -0.2) is 0 Å². The van der Waals surface area contributed by atoms with Crippen molar-refractivity contribution in [3.05, 3.63) is 170 Å². The van der Waals surface area contributed by atoms with E-state index in [1.165, 1.54) is 0 Å². The maximum absolute atomic E-state index is 6.76. The zero-order valence-electron chi connectivity index (χ0n) is 33.3. The van der Waals surface area contributed by atoms with E-state index in [2.05, 4.69) is 155 Å². The molecule has 0 radical (unpaired) electrons. The van der Waals surface area contributed by atoms with E-state index in [4.69, 9.17) is 27.8 Å². The average Bonchev–Trinajstić information content (AvgIpc) is 3.89. The van der Waals surface area contributed by atoms with Gasteiger partial charge in [0.05, 0.1) is 11.4 Å². The summed E-state index contributed by atoms with van der Waals surface area (Å²) in [6.07, 6.45) is 0. The minimum absolute atomic E-state index is 0.532. The van der Waals surface area contributed by atoms with Crippen LogP contribution in [0.5, 0.6) is 23.0 Å². The Balaban J connectivity index is 0.891. The molecule has 2 aliphatic rings. The van der Waals surface area contributed by atoms with E-state index in [1.807, 2.05) is 24.3 Å². The minimum atomic E-state index is 0.532. The third kappa shape index (κ3) is 5.53. The van der Waals surface area contributed by atoms with Crippen molar-refractivity contribution in [1.82, 2.24) is 0 Å². The van der Waals surface area contributed by atoms with Crippen LogP contribution in [0.2, 0.25) is 0 Å². The SMILES string of the molecule is c1ccc(N(c2ccc3c(c2)OCCO3)c2ccc3c(ccc4c5cc6oc7c8ccc(N(c9ccccc9)c9ccc%10c(c9)OCCO%10)cc8ccc7c6cc5oc34)c2)cc1. The van der Waals surface area contributed by atoms with Crippen molar-refractivity contribution in [1.29, 1.82) is 0 Å². The summed E-state index contributed by atoms with van der Waals surface area (Å²) in [6.45, 7) is 2.17. The monoisotopic (exact) mass is 808 g/mol. The number of para-hydroxylation sites is 2. The first-order valence-electron chi connectivity index (χ1n) is 20.9. The van der Waals surface area contributed by atoms with E-state index in [-0.39, 0.29) is 0 Å². The van der Waals surface area contributed by atoms with Gasteiger partial charge in [-0.05, 0) is 120 Å². The molecule has 0 saturated carbocycles. The van der Waals surface area contributed by atoms with Crippen LogP contribution in [-0.4, -0.2) is 26.4 Å². The highest BCUT2D eigenvalue weighted by molar-refractivity contribution is 6.21. The number of hydrogen-bond donors (Lipinski definition) is 0. The quantitative estimate of drug-likeness (QED) is 0.164. The van der Waals surface area contributed by atoms with Crippen LogP contribution in [0.15, 0.2) is 179 Å². The Kier molecular flexibility index (Phi) is 7.69. The van der Waals surface area contributed by atoms with Gasteiger partial charge in [0.25, 0.3) is 0 Å². The topological polar surface area (TPSA) is 69.7 Å². The molecule has 8 nitrogen and oxygen atoms in total. The van der Waals surface area contributed by atoms with E-state index < -0.39 is 0 Å². The summed E-state index contributed by atoms with van der Waals surface area (Å²) >= 11 is 0. The lowest BCUT2D eigenvalue weighted by Gasteiger charge is -2.27. The molecule has 2 aromatic heterocycles.